The van der Waals surface area contributed by atoms with Gasteiger partial charge in [-0.3, -0.25) is 0 Å². The number of thiazole rings is 1. The molecule has 0 amide bonds. The largest absolute Gasteiger partial charge is 0.489 e. The van der Waals surface area contributed by atoms with Gasteiger partial charge in [-0.15, -0.1) is 11.3 Å². The van der Waals surface area contributed by atoms with Crippen molar-refractivity contribution < 1.29 is 4.74 Å². The minimum Gasteiger partial charge on any atom is -0.489 e. The van der Waals surface area contributed by atoms with E-state index in [2.05, 4.69) is 10.3 Å². The summed E-state index contributed by atoms with van der Waals surface area (Å²) in [5.41, 5.74) is 0.950. The van der Waals surface area contributed by atoms with E-state index in [9.17, 15) is 0 Å². The fourth-order valence-corrected chi connectivity index (χ4v) is 1.87. The Morgan fingerprint density at radius 2 is 2.12 bits per heavy atom. The van der Waals surface area contributed by atoms with Crippen LogP contribution in [0.15, 0.2) is 35.8 Å². The van der Waals surface area contributed by atoms with E-state index in [1.165, 1.54) is 0 Å². The molecular formula is C12H14N2OS. The van der Waals surface area contributed by atoms with Crippen molar-refractivity contribution in [2.24, 2.45) is 0 Å². The first-order chi connectivity index (χ1) is 7.75. The van der Waals surface area contributed by atoms with Crippen LogP contribution in [0, 0.1) is 0 Å². The first-order valence-corrected chi connectivity index (χ1v) is 6.06. The molecule has 1 N–H and O–H groups in total. The molecule has 0 atom stereocenters. The van der Waals surface area contributed by atoms with Crippen LogP contribution in [0.2, 0.25) is 0 Å². The van der Waals surface area contributed by atoms with Gasteiger partial charge in [0, 0.05) is 11.6 Å². The number of hydrogen-bond donors (Lipinski definition) is 1. The zero-order valence-corrected chi connectivity index (χ0v) is 10.1. The summed E-state index contributed by atoms with van der Waals surface area (Å²) < 4.78 is 5.71. The van der Waals surface area contributed by atoms with Crippen molar-refractivity contribution in [3.8, 4) is 5.75 Å². The first-order valence-electron chi connectivity index (χ1n) is 5.18. The van der Waals surface area contributed by atoms with Gasteiger partial charge in [-0.25, -0.2) is 4.98 Å². The zero-order valence-electron chi connectivity index (χ0n) is 9.31. The fraction of sp³-hybridized carbons (Fsp3) is 0.250. The molecule has 16 heavy (non-hydrogen) atoms. The number of ether oxygens (including phenoxy) is 1. The molecule has 2 aromatic rings. The lowest BCUT2D eigenvalue weighted by molar-refractivity contribution is 0.244. The third-order valence-corrected chi connectivity index (χ3v) is 2.61. The Kier molecular flexibility index (Phi) is 3.41. The number of nitrogens with one attached hydrogen (secondary N) is 1. The van der Waals surface area contributed by atoms with Crippen molar-refractivity contribution in [2.45, 2.75) is 20.0 Å². The van der Waals surface area contributed by atoms with Crippen LogP contribution >= 0.6 is 11.3 Å². The average molecular weight is 234 g/mol. The van der Waals surface area contributed by atoms with Gasteiger partial charge in [0.1, 0.15) is 5.75 Å². The van der Waals surface area contributed by atoms with Crippen LogP contribution in [0.1, 0.15) is 13.8 Å². The zero-order chi connectivity index (χ0) is 11.4. The smallest absolute Gasteiger partial charge is 0.187 e. The molecule has 1 aromatic heterocycles. The van der Waals surface area contributed by atoms with Crippen LogP contribution in [-0.2, 0) is 0 Å². The molecule has 2 rings (SSSR count). The maximum atomic E-state index is 5.71. The molecule has 0 aliphatic rings. The van der Waals surface area contributed by atoms with Gasteiger partial charge in [-0.05, 0) is 26.0 Å². The molecule has 0 aliphatic carbocycles. The summed E-state index contributed by atoms with van der Waals surface area (Å²) in [5.74, 6) is 0.854. The number of rotatable bonds is 4. The number of anilines is 2. The molecule has 4 heteroatoms. The van der Waals surface area contributed by atoms with E-state index in [1.807, 2.05) is 43.5 Å². The van der Waals surface area contributed by atoms with Crippen LogP contribution in [0.4, 0.5) is 10.8 Å². The van der Waals surface area contributed by atoms with E-state index in [4.69, 9.17) is 4.74 Å². The second-order valence-corrected chi connectivity index (χ2v) is 4.52. The minimum absolute atomic E-state index is 0.166. The van der Waals surface area contributed by atoms with Crippen LogP contribution in [0.5, 0.6) is 5.75 Å². The lowest BCUT2D eigenvalue weighted by Crippen LogP contribution is -2.07. The highest BCUT2D eigenvalue weighted by Crippen LogP contribution is 2.28. The van der Waals surface area contributed by atoms with Crippen LogP contribution in [-0.4, -0.2) is 11.1 Å². The number of nitrogens with zero attached hydrogens (tertiary/aromatic N) is 1. The summed E-state index contributed by atoms with van der Waals surface area (Å²) >= 11 is 1.57. The molecule has 0 aliphatic heterocycles. The Morgan fingerprint density at radius 3 is 2.81 bits per heavy atom. The third kappa shape index (κ3) is 2.73. The molecule has 1 heterocycles. The first kappa shape index (κ1) is 11.0. The van der Waals surface area contributed by atoms with Gasteiger partial charge in [0.05, 0.1) is 11.8 Å². The molecule has 1 aromatic carbocycles. The molecule has 0 fully saturated rings. The highest BCUT2D eigenvalue weighted by atomic mass is 32.1. The summed E-state index contributed by atoms with van der Waals surface area (Å²) in [7, 11) is 0. The lowest BCUT2D eigenvalue weighted by atomic mass is 10.3. The van der Waals surface area contributed by atoms with Crippen LogP contribution in [0.3, 0.4) is 0 Å². The Morgan fingerprint density at radius 1 is 1.31 bits per heavy atom. The van der Waals surface area contributed by atoms with E-state index < -0.39 is 0 Å². The minimum atomic E-state index is 0.166. The lowest BCUT2D eigenvalue weighted by Gasteiger charge is -2.14. The normalized spacial score (nSPS) is 10.4. The Balaban J connectivity index is 2.19. The second kappa shape index (κ2) is 4.99. The number of para-hydroxylation sites is 2. The van der Waals surface area contributed by atoms with Crippen LogP contribution in [0.25, 0.3) is 0 Å². The highest BCUT2D eigenvalue weighted by Gasteiger charge is 2.05. The molecule has 0 bridgehead atoms. The van der Waals surface area contributed by atoms with Gasteiger partial charge in [0.2, 0.25) is 0 Å². The monoisotopic (exact) mass is 234 g/mol. The Labute approximate surface area is 99.1 Å². The topological polar surface area (TPSA) is 34.1 Å². The molecule has 0 radical (unpaired) electrons. The second-order valence-electron chi connectivity index (χ2n) is 3.63. The Hall–Kier alpha value is -1.55. The average Bonchev–Trinajstić information content (AvgIpc) is 2.73. The molecule has 84 valence electrons. The van der Waals surface area contributed by atoms with Crippen molar-refractivity contribution in [1.29, 1.82) is 0 Å². The predicted molar refractivity (Wildman–Crippen MR) is 67.6 cm³/mol. The number of benzene rings is 1. The molecule has 3 nitrogen and oxygen atoms in total. The maximum Gasteiger partial charge on any atom is 0.187 e. The van der Waals surface area contributed by atoms with Gasteiger partial charge in [-0.1, -0.05) is 12.1 Å². The van der Waals surface area contributed by atoms with E-state index in [1.54, 1.807) is 17.5 Å². The predicted octanol–water partition coefficient (Wildman–Crippen LogP) is 3.67. The summed E-state index contributed by atoms with van der Waals surface area (Å²) in [6.07, 6.45) is 1.94. The molecule has 0 unspecified atom stereocenters. The van der Waals surface area contributed by atoms with Crippen molar-refractivity contribution in [1.82, 2.24) is 4.98 Å². The van der Waals surface area contributed by atoms with Gasteiger partial charge in [0.25, 0.3) is 0 Å². The Bertz CT molecular complexity index is 440. The van der Waals surface area contributed by atoms with E-state index >= 15 is 0 Å². The molecular weight excluding hydrogens is 220 g/mol. The van der Waals surface area contributed by atoms with E-state index in [0.29, 0.717) is 0 Å². The summed E-state index contributed by atoms with van der Waals surface area (Å²) in [6, 6.07) is 7.88. The molecule has 0 saturated heterocycles. The summed E-state index contributed by atoms with van der Waals surface area (Å²) in [5, 5.41) is 6.05. The van der Waals surface area contributed by atoms with Crippen LogP contribution < -0.4 is 10.1 Å². The summed E-state index contributed by atoms with van der Waals surface area (Å²) in [6.45, 7) is 4.03. The highest BCUT2D eigenvalue weighted by molar-refractivity contribution is 7.13. The van der Waals surface area contributed by atoms with Gasteiger partial charge < -0.3 is 10.1 Å². The van der Waals surface area contributed by atoms with Gasteiger partial charge >= 0.3 is 0 Å². The van der Waals surface area contributed by atoms with E-state index in [-0.39, 0.29) is 6.10 Å². The van der Waals surface area contributed by atoms with Gasteiger partial charge in [0.15, 0.2) is 5.13 Å². The number of hydrogen-bond acceptors (Lipinski definition) is 4. The van der Waals surface area contributed by atoms with Gasteiger partial charge in [-0.2, -0.15) is 0 Å². The van der Waals surface area contributed by atoms with Crippen molar-refractivity contribution in [3.05, 3.63) is 35.8 Å². The quantitative estimate of drug-likeness (QED) is 0.876. The third-order valence-electron chi connectivity index (χ3n) is 1.92. The fourth-order valence-electron chi connectivity index (χ4n) is 1.33. The summed E-state index contributed by atoms with van der Waals surface area (Å²) in [4.78, 5) is 4.18. The van der Waals surface area contributed by atoms with Crippen molar-refractivity contribution in [2.75, 3.05) is 5.32 Å². The molecule has 0 saturated carbocycles. The standard InChI is InChI=1S/C12H14N2OS/c1-9(2)15-11-6-4-3-5-10(11)14-12-13-7-8-16-12/h3-9H,1-2H3,(H,13,14). The van der Waals surface area contributed by atoms with Crippen molar-refractivity contribution in [3.63, 3.8) is 0 Å². The molecule has 0 spiro atoms. The van der Waals surface area contributed by atoms with E-state index in [0.717, 1.165) is 16.6 Å². The number of aromatic nitrogens is 1. The SMILES string of the molecule is CC(C)Oc1ccccc1Nc1nccs1. The van der Waals surface area contributed by atoms with Crippen molar-refractivity contribution >= 4 is 22.2 Å². The maximum absolute atomic E-state index is 5.71.